The van der Waals surface area contributed by atoms with Crippen molar-refractivity contribution in [3.8, 4) is 0 Å². The van der Waals surface area contributed by atoms with Crippen LogP contribution >= 0.6 is 0 Å². The predicted octanol–water partition coefficient (Wildman–Crippen LogP) is 18.8. The molecule has 15 aliphatic carbocycles. The van der Waals surface area contributed by atoms with E-state index in [1.54, 1.807) is 16.7 Å². The van der Waals surface area contributed by atoms with E-state index in [2.05, 4.69) is 118 Å². The van der Waals surface area contributed by atoms with Gasteiger partial charge in [0, 0.05) is 28.5 Å². The van der Waals surface area contributed by atoms with E-state index >= 15 is 0 Å². The first-order valence-corrected chi connectivity index (χ1v) is 31.6. The van der Waals surface area contributed by atoms with Crippen LogP contribution in [0.25, 0.3) is 0 Å². The number of rotatable bonds is 0. The second kappa shape index (κ2) is 20.4. The summed E-state index contributed by atoms with van der Waals surface area (Å²) < 4.78 is 11.2. The van der Waals surface area contributed by atoms with Crippen molar-refractivity contribution in [2.75, 3.05) is 19.8 Å². The van der Waals surface area contributed by atoms with E-state index < -0.39 is 0 Å². The fraction of sp³-hybridized carbons (Fsp3) is 0.671. The Morgan fingerprint density at radius 1 is 0.342 bits per heavy atom. The van der Waals surface area contributed by atoms with Crippen LogP contribution in [0.15, 0.2) is 146 Å². The van der Waals surface area contributed by atoms with E-state index in [0.29, 0.717) is 32.5 Å². The molecule has 18 aliphatic rings. The van der Waals surface area contributed by atoms with Gasteiger partial charge in [0.1, 0.15) is 0 Å². The molecule has 3 heteroatoms. The van der Waals surface area contributed by atoms with Gasteiger partial charge in [0.2, 0.25) is 0 Å². The molecule has 1 N–H and O–H groups in total. The standard InChI is InChI=1S/2C13H18.C12H16O.C12H16.C11H15N.C11H14O.CH4/c2*1-10-4-2-3-7-13(10)9-11-5-6-12(13)8-11;1-9-12(5-2-6-13-9)8-10-3-4-11(12)7-10;1-9-3-2-6-12(9)8-10-4-5-11(12)7-10;2*1-8-11(4-5-12-8)7-9-2-3-10(11)6-9;/h2*5-6,11-12H,1-4,7-9H2;3-4,10-11H,1-2,5-8H2;4-5,10-11H,1-3,6-8H2;2-3,9-10,12H,1,4-7H2;2-3,9-10H,1,4-7H2;1H4. The molecule has 12 bridgehead atoms. The third-order valence-corrected chi connectivity index (χ3v) is 25.5. The van der Waals surface area contributed by atoms with Crippen LogP contribution in [0.3, 0.4) is 0 Å². The molecule has 76 heavy (non-hydrogen) atoms. The minimum Gasteiger partial charge on any atom is -0.498 e. The molecule has 0 amide bonds. The van der Waals surface area contributed by atoms with Gasteiger partial charge in [-0.25, -0.2) is 0 Å². The summed E-state index contributed by atoms with van der Waals surface area (Å²) in [6.07, 6.45) is 66.0. The lowest BCUT2D eigenvalue weighted by Crippen LogP contribution is -2.33. The average Bonchev–Trinajstić information content (AvgIpc) is 4.28. The molecule has 18 rings (SSSR count). The van der Waals surface area contributed by atoms with Crippen molar-refractivity contribution in [1.29, 1.82) is 0 Å². The van der Waals surface area contributed by atoms with Crippen LogP contribution in [-0.4, -0.2) is 19.8 Å². The zero-order chi connectivity index (χ0) is 51.2. The Bertz CT molecular complexity index is 2240. The number of fused-ring (bicyclic) bond motifs is 18. The van der Waals surface area contributed by atoms with Gasteiger partial charge in [-0.05, 0) is 248 Å². The predicted molar refractivity (Wildman–Crippen MR) is 317 cm³/mol. The second-order valence-corrected chi connectivity index (χ2v) is 28.7. The van der Waals surface area contributed by atoms with Crippen LogP contribution in [0.1, 0.15) is 181 Å². The minimum atomic E-state index is 0. The summed E-state index contributed by atoms with van der Waals surface area (Å²) in [4.78, 5) is 0. The highest BCUT2D eigenvalue weighted by Gasteiger charge is 2.56. The first kappa shape index (κ1) is 53.0. The van der Waals surface area contributed by atoms with Crippen LogP contribution in [0.2, 0.25) is 0 Å². The Labute approximate surface area is 462 Å². The first-order chi connectivity index (χ1) is 36.4. The van der Waals surface area contributed by atoms with Crippen molar-refractivity contribution in [3.05, 3.63) is 146 Å². The van der Waals surface area contributed by atoms with Crippen molar-refractivity contribution in [2.24, 2.45) is 104 Å². The molecule has 9 saturated carbocycles. The normalized spacial score (nSPS) is 47.8. The van der Waals surface area contributed by atoms with Crippen molar-refractivity contribution >= 4 is 0 Å². The summed E-state index contributed by atoms with van der Waals surface area (Å²) in [6, 6.07) is 0. The highest BCUT2D eigenvalue weighted by Crippen LogP contribution is 2.65. The smallest absolute Gasteiger partial charge is 0.0957 e. The van der Waals surface area contributed by atoms with E-state index in [-0.39, 0.29) is 7.43 Å². The summed E-state index contributed by atoms with van der Waals surface area (Å²) in [5.41, 5.74) is 8.94. The molecule has 3 saturated heterocycles. The van der Waals surface area contributed by atoms with E-state index in [1.165, 1.54) is 179 Å². The number of ether oxygens (including phenoxy) is 2. The number of hydrogen-bond acceptors (Lipinski definition) is 3. The van der Waals surface area contributed by atoms with Crippen LogP contribution in [0.4, 0.5) is 0 Å². The van der Waals surface area contributed by atoms with Crippen LogP contribution in [0, 0.1) is 104 Å². The fourth-order valence-electron chi connectivity index (χ4n) is 21.4. The molecule has 0 aromatic heterocycles. The maximum atomic E-state index is 5.64. The molecule has 3 nitrogen and oxygen atoms in total. The summed E-state index contributed by atoms with van der Waals surface area (Å²) in [5, 5.41) is 3.41. The van der Waals surface area contributed by atoms with Crippen LogP contribution in [-0.2, 0) is 9.47 Å². The third-order valence-electron chi connectivity index (χ3n) is 25.5. The van der Waals surface area contributed by atoms with Crippen molar-refractivity contribution in [1.82, 2.24) is 5.32 Å². The quantitative estimate of drug-likeness (QED) is 0.245. The van der Waals surface area contributed by atoms with Crippen molar-refractivity contribution in [3.63, 3.8) is 0 Å². The molecule has 6 spiro atoms. The highest BCUT2D eigenvalue weighted by molar-refractivity contribution is 5.32. The number of allylic oxidation sites excluding steroid dienone is 18. The molecule has 0 aromatic rings. The second-order valence-electron chi connectivity index (χ2n) is 28.7. The maximum Gasteiger partial charge on any atom is 0.0957 e. The van der Waals surface area contributed by atoms with Gasteiger partial charge < -0.3 is 14.8 Å². The molecule has 3 aliphatic heterocycles. The van der Waals surface area contributed by atoms with Crippen molar-refractivity contribution in [2.45, 2.75) is 181 Å². The topological polar surface area (TPSA) is 30.5 Å². The Morgan fingerprint density at radius 3 is 0.961 bits per heavy atom. The van der Waals surface area contributed by atoms with Gasteiger partial charge >= 0.3 is 0 Å². The highest BCUT2D eigenvalue weighted by atomic mass is 16.5. The van der Waals surface area contributed by atoms with Gasteiger partial charge in [-0.15, -0.1) is 0 Å². The van der Waals surface area contributed by atoms with Crippen molar-refractivity contribution < 1.29 is 9.47 Å². The van der Waals surface area contributed by atoms with Gasteiger partial charge in [0.25, 0.3) is 0 Å². The Morgan fingerprint density at radius 2 is 0.671 bits per heavy atom. The van der Waals surface area contributed by atoms with Gasteiger partial charge in [-0.1, -0.05) is 149 Å². The van der Waals surface area contributed by atoms with Gasteiger partial charge in [0.15, 0.2) is 0 Å². The molecule has 3 heterocycles. The lowest BCUT2D eigenvalue weighted by Gasteiger charge is -2.41. The fourth-order valence-corrected chi connectivity index (χ4v) is 21.4. The monoisotopic (exact) mass is 1020 g/mol. The first-order valence-electron chi connectivity index (χ1n) is 31.6. The summed E-state index contributed by atoms with van der Waals surface area (Å²) in [6.45, 7) is 28.2. The molecule has 410 valence electrons. The Balaban J connectivity index is 0.0000000917. The van der Waals surface area contributed by atoms with E-state index in [4.69, 9.17) is 9.47 Å². The van der Waals surface area contributed by atoms with E-state index in [9.17, 15) is 0 Å². The Hall–Kier alpha value is -3.72. The maximum absolute atomic E-state index is 5.64. The SMILES string of the molecule is C.C=C1CCCC12CC1C=CC2C1.C=C1CCCCC12CC1C=CC2C1.C=C1CCCCC12CC1C=CC2C1.C=C1NCCC12CC1C=CC2C1.C=C1OCCC12CC1C=CC2C1.C=C1OCCCC12CC1C=CC2C1. The molecule has 18 unspecified atom stereocenters. The zero-order valence-electron chi connectivity index (χ0n) is 46.6. The molecular formula is C73H101NO2. The summed E-state index contributed by atoms with van der Waals surface area (Å²) in [5.74, 6) is 12.3. The van der Waals surface area contributed by atoms with E-state index in [1.807, 2.05) is 0 Å². The summed E-state index contributed by atoms with van der Waals surface area (Å²) in [7, 11) is 0. The minimum absolute atomic E-state index is 0. The summed E-state index contributed by atoms with van der Waals surface area (Å²) >= 11 is 0. The number of hydrogen-bond donors (Lipinski definition) is 1. The molecule has 18 atom stereocenters. The lowest BCUT2D eigenvalue weighted by molar-refractivity contribution is 0.0498. The van der Waals surface area contributed by atoms with Crippen LogP contribution < -0.4 is 5.32 Å². The van der Waals surface area contributed by atoms with Gasteiger partial charge in [-0.3, -0.25) is 0 Å². The van der Waals surface area contributed by atoms with Gasteiger partial charge in [-0.2, -0.15) is 0 Å². The third kappa shape index (κ3) is 8.67. The number of nitrogens with one attached hydrogen (secondary N) is 1. The largest absolute Gasteiger partial charge is 0.498 e. The van der Waals surface area contributed by atoms with E-state index in [0.717, 1.165) is 102 Å². The molecular weight excluding hydrogens is 923 g/mol. The lowest BCUT2D eigenvalue weighted by atomic mass is 9.63. The van der Waals surface area contributed by atoms with Gasteiger partial charge in [0.05, 0.1) is 24.7 Å². The molecule has 12 fully saturated rings. The van der Waals surface area contributed by atoms with Crippen LogP contribution in [0.5, 0.6) is 0 Å². The Kier molecular flexibility index (Phi) is 14.2. The molecule has 0 aromatic carbocycles. The molecule has 0 radical (unpaired) electrons. The zero-order valence-corrected chi connectivity index (χ0v) is 46.6. The average molecular weight is 1020 g/mol.